The quantitative estimate of drug-likeness (QED) is 0.0222. The number of ether oxygens (including phenoxy) is 4. The number of carbonyl (C=O) groups excluding carboxylic acids is 4. The molecule has 0 aromatic heterocycles. The van der Waals surface area contributed by atoms with E-state index in [2.05, 4.69) is 55.4 Å². The Balaban J connectivity index is 5.27. The van der Waals surface area contributed by atoms with Gasteiger partial charge < -0.3 is 33.8 Å². The van der Waals surface area contributed by atoms with Crippen molar-refractivity contribution in [2.45, 2.75) is 337 Å². The zero-order valence-electron chi connectivity index (χ0n) is 55.2. The highest BCUT2D eigenvalue weighted by Gasteiger charge is 2.30. The Bertz CT molecular complexity index is 1700. The van der Waals surface area contributed by atoms with Gasteiger partial charge in [-0.05, 0) is 49.4 Å². The van der Waals surface area contributed by atoms with E-state index in [-0.39, 0.29) is 25.7 Å². The van der Waals surface area contributed by atoms with E-state index in [4.69, 9.17) is 37.0 Å². The average molecular weight is 1260 g/mol. The molecule has 7 atom stereocenters. The van der Waals surface area contributed by atoms with E-state index in [1.165, 1.54) is 116 Å². The predicted molar refractivity (Wildman–Crippen MR) is 340 cm³/mol. The molecule has 0 fully saturated rings. The lowest BCUT2D eigenvalue weighted by Crippen LogP contribution is -2.30. The highest BCUT2D eigenvalue weighted by Crippen LogP contribution is 2.45. The minimum Gasteiger partial charge on any atom is -0.462 e. The van der Waals surface area contributed by atoms with E-state index >= 15 is 0 Å². The van der Waals surface area contributed by atoms with Crippen molar-refractivity contribution in [3.05, 3.63) is 0 Å². The second-order valence-corrected chi connectivity index (χ2v) is 28.2. The number of aliphatic hydroxyl groups excluding tert-OH is 1. The Morgan fingerprint density at radius 1 is 0.329 bits per heavy atom. The van der Waals surface area contributed by atoms with Gasteiger partial charge in [-0.25, -0.2) is 9.13 Å². The van der Waals surface area contributed by atoms with Crippen LogP contribution in [0.3, 0.4) is 0 Å². The Hall–Kier alpha value is -1.94. The number of phosphoric acid groups is 2. The first-order valence-corrected chi connectivity index (χ1v) is 37.3. The molecule has 504 valence electrons. The molecule has 0 saturated carbocycles. The number of carbonyl (C=O) groups is 4. The summed E-state index contributed by atoms with van der Waals surface area (Å²) in [7, 11) is -9.89. The maximum Gasteiger partial charge on any atom is 0.472 e. The number of phosphoric ester groups is 2. The van der Waals surface area contributed by atoms with Crippen molar-refractivity contribution in [1.29, 1.82) is 0 Å². The molecule has 0 aromatic carbocycles. The van der Waals surface area contributed by atoms with Gasteiger partial charge in [0, 0.05) is 25.7 Å². The molecule has 19 heteroatoms. The van der Waals surface area contributed by atoms with E-state index in [0.717, 1.165) is 114 Å². The van der Waals surface area contributed by atoms with Crippen molar-refractivity contribution in [3.8, 4) is 0 Å². The van der Waals surface area contributed by atoms with Gasteiger partial charge in [-0.3, -0.25) is 37.3 Å². The molecule has 0 rings (SSSR count). The summed E-state index contributed by atoms with van der Waals surface area (Å²) in [6, 6.07) is 0. The van der Waals surface area contributed by atoms with Gasteiger partial charge in [0.15, 0.2) is 12.2 Å². The topological polar surface area (TPSA) is 237 Å². The van der Waals surface area contributed by atoms with Crippen LogP contribution in [-0.4, -0.2) is 96.7 Å². The van der Waals surface area contributed by atoms with Crippen LogP contribution >= 0.6 is 15.6 Å². The van der Waals surface area contributed by atoms with Crippen LogP contribution < -0.4 is 0 Å². The third-order valence-electron chi connectivity index (χ3n) is 15.8. The normalized spacial score (nSPS) is 15.0. The van der Waals surface area contributed by atoms with E-state index < -0.39 is 97.5 Å². The molecule has 3 N–H and O–H groups in total. The number of unbranched alkanes of at least 4 members (excludes halogenated alkanes) is 27. The van der Waals surface area contributed by atoms with Crippen molar-refractivity contribution in [2.24, 2.45) is 23.7 Å². The summed E-state index contributed by atoms with van der Waals surface area (Å²) in [6.45, 7) is 14.0. The summed E-state index contributed by atoms with van der Waals surface area (Å²) < 4.78 is 68.1. The Morgan fingerprint density at radius 3 is 0.835 bits per heavy atom. The van der Waals surface area contributed by atoms with Crippen molar-refractivity contribution in [3.63, 3.8) is 0 Å². The van der Waals surface area contributed by atoms with E-state index in [1.54, 1.807) is 0 Å². The number of hydrogen-bond donors (Lipinski definition) is 3. The van der Waals surface area contributed by atoms with Crippen LogP contribution in [-0.2, 0) is 65.4 Å². The zero-order chi connectivity index (χ0) is 63.2. The van der Waals surface area contributed by atoms with Crippen LogP contribution in [0.25, 0.3) is 0 Å². The first kappa shape index (κ1) is 83.1. The molecule has 85 heavy (non-hydrogen) atoms. The molecule has 0 bridgehead atoms. The highest BCUT2D eigenvalue weighted by molar-refractivity contribution is 7.47. The van der Waals surface area contributed by atoms with Crippen LogP contribution in [0.4, 0.5) is 0 Å². The molecular formula is C66H128O17P2. The summed E-state index contributed by atoms with van der Waals surface area (Å²) in [5, 5.41) is 10.6. The van der Waals surface area contributed by atoms with Crippen molar-refractivity contribution in [2.75, 3.05) is 39.6 Å². The molecule has 0 spiro atoms. The Morgan fingerprint density at radius 2 is 0.565 bits per heavy atom. The van der Waals surface area contributed by atoms with Crippen LogP contribution in [0.2, 0.25) is 0 Å². The van der Waals surface area contributed by atoms with Gasteiger partial charge in [0.25, 0.3) is 0 Å². The first-order chi connectivity index (χ1) is 40.7. The minimum absolute atomic E-state index is 0.103. The van der Waals surface area contributed by atoms with Gasteiger partial charge in [0.1, 0.15) is 19.3 Å². The third-order valence-corrected chi connectivity index (χ3v) is 17.7. The van der Waals surface area contributed by atoms with Crippen LogP contribution in [0.1, 0.15) is 319 Å². The molecule has 17 nitrogen and oxygen atoms in total. The zero-order valence-corrected chi connectivity index (χ0v) is 57.0. The Labute approximate surface area is 517 Å². The second kappa shape index (κ2) is 56.1. The number of rotatable bonds is 63. The molecule has 0 saturated heterocycles. The summed E-state index contributed by atoms with van der Waals surface area (Å²) in [6.07, 6.45) is 36.2. The molecule has 0 aliphatic rings. The lowest BCUT2D eigenvalue weighted by molar-refractivity contribution is -0.161. The number of hydrogen-bond acceptors (Lipinski definition) is 15. The van der Waals surface area contributed by atoms with Crippen molar-refractivity contribution >= 4 is 39.5 Å². The Kier molecular flexibility index (Phi) is 54.8. The molecular weight excluding hydrogens is 1130 g/mol. The number of esters is 4. The van der Waals surface area contributed by atoms with Crippen LogP contribution in [0, 0.1) is 23.7 Å². The summed E-state index contributed by atoms with van der Waals surface area (Å²) >= 11 is 0. The summed E-state index contributed by atoms with van der Waals surface area (Å²) in [4.78, 5) is 72.3. The minimum atomic E-state index is -4.95. The van der Waals surface area contributed by atoms with E-state index in [9.17, 15) is 43.2 Å². The third kappa shape index (κ3) is 58.2. The standard InChI is InChI=1S/C66H128O17P2/c1-9-58(7)44-36-28-20-12-15-22-30-38-46-63(68)76-52-61(83-66(71)49-41-33-24-16-13-21-29-37-45-59(8)10-2)54-80-84(72,73)78-50-60(67)51-79-85(74,75)81-55-62(53-77-64(69)47-39-31-25-17-19-27-35-43-57(5)6)82-65(70)48-40-32-23-14-11-18-26-34-42-56(3)4/h56-62,67H,9-55H2,1-8H3,(H,72,73)(H,74,75)/t58?,59?,60?,61-,62-/m1/s1. The number of aliphatic hydroxyl groups is 1. The largest absolute Gasteiger partial charge is 0.472 e. The van der Waals surface area contributed by atoms with Crippen LogP contribution in [0.5, 0.6) is 0 Å². The monoisotopic (exact) mass is 1250 g/mol. The van der Waals surface area contributed by atoms with Gasteiger partial charge in [-0.1, -0.05) is 267 Å². The lowest BCUT2D eigenvalue weighted by Gasteiger charge is -2.21. The second-order valence-electron chi connectivity index (χ2n) is 25.3. The van der Waals surface area contributed by atoms with E-state index in [0.29, 0.717) is 31.6 Å². The van der Waals surface area contributed by atoms with Crippen LogP contribution in [0.15, 0.2) is 0 Å². The van der Waals surface area contributed by atoms with Gasteiger partial charge in [-0.2, -0.15) is 0 Å². The fourth-order valence-corrected chi connectivity index (χ4v) is 11.3. The molecule has 0 radical (unpaired) electrons. The molecule has 0 aliphatic carbocycles. The van der Waals surface area contributed by atoms with Gasteiger partial charge in [0.05, 0.1) is 26.4 Å². The van der Waals surface area contributed by atoms with Gasteiger partial charge in [0.2, 0.25) is 0 Å². The molecule has 0 heterocycles. The van der Waals surface area contributed by atoms with E-state index in [1.807, 2.05) is 0 Å². The molecule has 0 aliphatic heterocycles. The smallest absolute Gasteiger partial charge is 0.462 e. The maximum absolute atomic E-state index is 13.0. The molecule has 0 amide bonds. The lowest BCUT2D eigenvalue weighted by atomic mass is 9.99. The van der Waals surface area contributed by atoms with Gasteiger partial charge >= 0.3 is 39.5 Å². The highest BCUT2D eigenvalue weighted by atomic mass is 31.2. The maximum atomic E-state index is 13.0. The summed E-state index contributed by atoms with van der Waals surface area (Å²) in [5.41, 5.74) is 0. The predicted octanol–water partition coefficient (Wildman–Crippen LogP) is 18.1. The average Bonchev–Trinajstić information content (AvgIpc) is 3.57. The summed E-state index contributed by atoms with van der Waals surface area (Å²) in [5.74, 6) is 0.832. The fraction of sp³-hybridized carbons (Fsp3) is 0.939. The van der Waals surface area contributed by atoms with Crippen molar-refractivity contribution < 1.29 is 80.2 Å². The van der Waals surface area contributed by atoms with Gasteiger partial charge in [-0.15, -0.1) is 0 Å². The fourth-order valence-electron chi connectivity index (χ4n) is 9.72. The van der Waals surface area contributed by atoms with Crippen molar-refractivity contribution in [1.82, 2.24) is 0 Å². The first-order valence-electron chi connectivity index (χ1n) is 34.3. The molecule has 5 unspecified atom stereocenters. The SMILES string of the molecule is CCC(C)CCCCCCCCCCC(=O)OC[C@H](COP(=O)(O)OCC(O)COP(=O)(O)OC[C@@H](COC(=O)CCCCCCCCCC(C)C)OC(=O)CCCCCCCCCCC(C)C)OC(=O)CCCCCCCCCCC(C)CC. The molecule has 0 aromatic rings.